The Hall–Kier alpha value is -1.63. The second-order valence-corrected chi connectivity index (χ2v) is 4.29. The summed E-state index contributed by atoms with van der Waals surface area (Å²) in [4.78, 5) is 33.1. The Morgan fingerprint density at radius 2 is 1.76 bits per heavy atom. The number of hydrogen-bond donors (Lipinski definition) is 4. The summed E-state index contributed by atoms with van der Waals surface area (Å²) in [5, 5.41) is 20.0. The van der Waals surface area contributed by atoms with Gasteiger partial charge in [0.2, 0.25) is 5.91 Å². The number of aliphatic carboxylic acids is 2. The van der Waals surface area contributed by atoms with Crippen LogP contribution in [0.1, 0.15) is 32.1 Å². The Bertz CT molecular complexity index is 336. The van der Waals surface area contributed by atoms with Crippen LogP contribution in [-0.4, -0.2) is 39.6 Å². The van der Waals surface area contributed by atoms with Gasteiger partial charge in [0.05, 0.1) is 12.5 Å². The van der Waals surface area contributed by atoms with Crippen molar-refractivity contribution in [1.82, 2.24) is 5.32 Å². The molecule has 17 heavy (non-hydrogen) atoms. The van der Waals surface area contributed by atoms with Crippen molar-refractivity contribution in [2.75, 3.05) is 0 Å². The van der Waals surface area contributed by atoms with Crippen molar-refractivity contribution in [2.45, 2.75) is 43.7 Å². The molecule has 1 amide bonds. The second kappa shape index (κ2) is 5.13. The molecule has 5 N–H and O–H groups in total. The molecule has 1 aliphatic rings. The maximum Gasteiger partial charge on any atom is 0.329 e. The smallest absolute Gasteiger partial charge is 0.329 e. The number of carbonyl (C=O) groups is 3. The van der Waals surface area contributed by atoms with Gasteiger partial charge in [-0.15, -0.1) is 0 Å². The van der Waals surface area contributed by atoms with Crippen molar-refractivity contribution in [1.29, 1.82) is 0 Å². The highest BCUT2D eigenvalue weighted by Gasteiger charge is 2.43. The first-order valence-electron chi connectivity index (χ1n) is 5.40. The van der Waals surface area contributed by atoms with Crippen molar-refractivity contribution >= 4 is 17.8 Å². The van der Waals surface area contributed by atoms with Crippen LogP contribution in [0.3, 0.4) is 0 Å². The molecule has 1 atom stereocenters. The van der Waals surface area contributed by atoms with Gasteiger partial charge >= 0.3 is 11.9 Å². The first-order chi connectivity index (χ1) is 7.87. The van der Waals surface area contributed by atoms with Crippen molar-refractivity contribution in [2.24, 2.45) is 5.73 Å². The van der Waals surface area contributed by atoms with Gasteiger partial charge in [-0.2, -0.15) is 0 Å². The molecule has 7 heteroatoms. The number of carboxylic acid groups (broad SMARTS) is 2. The Labute approximate surface area is 98.0 Å². The summed E-state index contributed by atoms with van der Waals surface area (Å²) in [5.74, 6) is -3.01. The van der Waals surface area contributed by atoms with Gasteiger partial charge in [0.25, 0.3) is 0 Å². The predicted octanol–water partition coefficient (Wildman–Crippen LogP) is -0.698. The lowest BCUT2D eigenvalue weighted by Crippen LogP contribution is -2.57. The Kier molecular flexibility index (Phi) is 4.06. The fourth-order valence-corrected chi connectivity index (χ4v) is 1.98. The number of nitrogens with two attached hydrogens (primary N) is 1. The molecule has 1 fully saturated rings. The number of hydrogen-bond acceptors (Lipinski definition) is 4. The monoisotopic (exact) mass is 244 g/mol. The lowest BCUT2D eigenvalue weighted by Gasteiger charge is -2.26. The molecule has 7 nitrogen and oxygen atoms in total. The Morgan fingerprint density at radius 1 is 1.24 bits per heavy atom. The first kappa shape index (κ1) is 13.4. The number of carbonyl (C=O) groups excluding carboxylic acids is 1. The van der Waals surface area contributed by atoms with E-state index >= 15 is 0 Å². The zero-order valence-corrected chi connectivity index (χ0v) is 9.31. The van der Waals surface area contributed by atoms with Crippen LogP contribution in [0, 0.1) is 0 Å². The minimum absolute atomic E-state index is 0.355. The molecule has 0 aliphatic heterocycles. The van der Waals surface area contributed by atoms with Gasteiger partial charge in [0, 0.05) is 0 Å². The molecule has 0 saturated heterocycles. The van der Waals surface area contributed by atoms with E-state index in [1.165, 1.54) is 0 Å². The van der Waals surface area contributed by atoms with E-state index in [2.05, 4.69) is 5.32 Å². The molecule has 0 spiro atoms. The number of rotatable bonds is 5. The highest BCUT2D eigenvalue weighted by molar-refractivity contribution is 5.91. The quantitative estimate of drug-likeness (QED) is 0.506. The number of nitrogens with one attached hydrogen (secondary N) is 1. The highest BCUT2D eigenvalue weighted by atomic mass is 16.4. The van der Waals surface area contributed by atoms with Crippen LogP contribution in [0.15, 0.2) is 0 Å². The van der Waals surface area contributed by atoms with Crippen molar-refractivity contribution in [3.8, 4) is 0 Å². The molecule has 96 valence electrons. The van der Waals surface area contributed by atoms with E-state index in [-0.39, 0.29) is 0 Å². The normalized spacial score (nSPS) is 19.6. The van der Waals surface area contributed by atoms with E-state index in [9.17, 15) is 14.4 Å². The zero-order valence-electron chi connectivity index (χ0n) is 9.31. The molecule has 1 aliphatic carbocycles. The molecular formula is C10H16N2O5. The molecular weight excluding hydrogens is 228 g/mol. The van der Waals surface area contributed by atoms with Crippen LogP contribution in [0.5, 0.6) is 0 Å². The van der Waals surface area contributed by atoms with Crippen molar-refractivity contribution in [3.63, 3.8) is 0 Å². The van der Waals surface area contributed by atoms with Crippen LogP contribution in [0.25, 0.3) is 0 Å². The van der Waals surface area contributed by atoms with Crippen LogP contribution >= 0.6 is 0 Å². The molecule has 0 bridgehead atoms. The van der Waals surface area contributed by atoms with Gasteiger partial charge in [-0.25, -0.2) is 4.79 Å². The summed E-state index contributed by atoms with van der Waals surface area (Å²) in [7, 11) is 0. The lowest BCUT2D eigenvalue weighted by molar-refractivity contribution is -0.147. The number of amides is 1. The van der Waals surface area contributed by atoms with Crippen molar-refractivity contribution < 1.29 is 24.6 Å². The summed E-state index contributed by atoms with van der Waals surface area (Å²) in [6.07, 6.45) is 1.64. The average Bonchev–Trinajstić information content (AvgIpc) is 2.66. The molecule has 0 aromatic carbocycles. The lowest BCUT2D eigenvalue weighted by atomic mass is 9.97. The zero-order chi connectivity index (χ0) is 13.1. The molecule has 0 aromatic rings. The summed E-state index contributed by atoms with van der Waals surface area (Å²) in [6, 6.07) is -1.22. The molecule has 1 rings (SSSR count). The van der Waals surface area contributed by atoms with Crippen LogP contribution < -0.4 is 11.1 Å². The molecule has 1 saturated carbocycles. The van der Waals surface area contributed by atoms with Gasteiger partial charge in [-0.05, 0) is 12.8 Å². The van der Waals surface area contributed by atoms with Crippen LogP contribution in [0.4, 0.5) is 0 Å². The largest absolute Gasteiger partial charge is 0.481 e. The van der Waals surface area contributed by atoms with Gasteiger partial charge < -0.3 is 21.3 Å². The van der Waals surface area contributed by atoms with Crippen LogP contribution in [-0.2, 0) is 14.4 Å². The van der Waals surface area contributed by atoms with E-state index in [1.54, 1.807) is 0 Å². The molecule has 0 aromatic heterocycles. The predicted molar refractivity (Wildman–Crippen MR) is 57.2 cm³/mol. The van der Waals surface area contributed by atoms with Gasteiger partial charge in [-0.1, -0.05) is 12.8 Å². The topological polar surface area (TPSA) is 130 Å². The summed E-state index contributed by atoms with van der Waals surface area (Å²) in [5.41, 5.74) is 4.10. The third-order valence-electron chi connectivity index (χ3n) is 2.96. The Morgan fingerprint density at radius 3 is 2.18 bits per heavy atom. The molecule has 0 radical (unpaired) electrons. The van der Waals surface area contributed by atoms with Gasteiger partial charge in [0.1, 0.15) is 5.54 Å². The molecule has 1 unspecified atom stereocenters. The third kappa shape index (κ3) is 3.16. The first-order valence-corrected chi connectivity index (χ1v) is 5.40. The minimum Gasteiger partial charge on any atom is -0.481 e. The van der Waals surface area contributed by atoms with E-state index < -0.39 is 35.8 Å². The summed E-state index contributed by atoms with van der Waals surface area (Å²) in [6.45, 7) is 0. The van der Waals surface area contributed by atoms with Gasteiger partial charge in [-0.3, -0.25) is 9.59 Å². The van der Waals surface area contributed by atoms with E-state index in [1.807, 2.05) is 0 Å². The maximum atomic E-state index is 11.6. The minimum atomic E-state index is -1.27. The fraction of sp³-hybridized carbons (Fsp3) is 0.700. The third-order valence-corrected chi connectivity index (χ3v) is 2.96. The van der Waals surface area contributed by atoms with E-state index in [0.717, 1.165) is 12.8 Å². The van der Waals surface area contributed by atoms with Crippen molar-refractivity contribution in [3.05, 3.63) is 0 Å². The van der Waals surface area contributed by atoms with Gasteiger partial charge in [0.15, 0.2) is 0 Å². The highest BCUT2D eigenvalue weighted by Crippen LogP contribution is 2.29. The van der Waals surface area contributed by atoms with E-state index in [4.69, 9.17) is 15.9 Å². The standard InChI is InChI=1S/C10H16N2O5/c11-6(5-7(13)14)8(15)12-10(9(16)17)3-1-2-4-10/h6H,1-5,11H2,(H,12,15)(H,13,14)(H,16,17). The average molecular weight is 244 g/mol. The molecule has 0 heterocycles. The number of carboxylic acids is 2. The van der Waals surface area contributed by atoms with Crippen LogP contribution in [0.2, 0.25) is 0 Å². The summed E-state index contributed by atoms with van der Waals surface area (Å²) < 4.78 is 0. The van der Waals surface area contributed by atoms with E-state index in [0.29, 0.717) is 12.8 Å². The Balaban J connectivity index is 2.65. The summed E-state index contributed by atoms with van der Waals surface area (Å²) >= 11 is 0. The SMILES string of the molecule is NC(CC(=O)O)C(=O)NC1(C(=O)O)CCCC1. The second-order valence-electron chi connectivity index (χ2n) is 4.29. The maximum absolute atomic E-state index is 11.6. The fourth-order valence-electron chi connectivity index (χ4n) is 1.98.